The lowest BCUT2D eigenvalue weighted by atomic mass is 9.91. The van der Waals surface area contributed by atoms with Gasteiger partial charge in [0.05, 0.1) is 15.8 Å². The lowest BCUT2D eigenvalue weighted by Gasteiger charge is -2.28. The summed E-state index contributed by atoms with van der Waals surface area (Å²) in [5, 5.41) is 11.5. The second-order valence-electron chi connectivity index (χ2n) is 8.67. The smallest absolute Gasteiger partial charge is 0.337 e. The minimum atomic E-state index is -1.14. The molecule has 0 radical (unpaired) electrons. The van der Waals surface area contributed by atoms with Crippen LogP contribution in [0.25, 0.3) is 32.2 Å². The van der Waals surface area contributed by atoms with E-state index >= 15 is 0 Å². The van der Waals surface area contributed by atoms with Crippen LogP contribution in [0.2, 0.25) is 5.02 Å². The maximum atomic E-state index is 12.4. The van der Waals surface area contributed by atoms with Crippen molar-refractivity contribution in [1.29, 1.82) is 0 Å². The van der Waals surface area contributed by atoms with Crippen molar-refractivity contribution >= 4 is 39.1 Å². The molecular formula is C24H24ClN3O3S. The third-order valence-corrected chi connectivity index (χ3v) is 6.37. The highest BCUT2D eigenvalue weighted by molar-refractivity contribution is 7.22. The number of thiazole rings is 1. The number of hydrogen-bond donors (Lipinski definition) is 1. The molecule has 0 fully saturated rings. The average Bonchev–Trinajstić information content (AvgIpc) is 3.30. The van der Waals surface area contributed by atoms with E-state index in [0.29, 0.717) is 10.6 Å². The molecule has 6 nitrogen and oxygen atoms in total. The predicted molar refractivity (Wildman–Crippen MR) is 128 cm³/mol. The highest BCUT2D eigenvalue weighted by Gasteiger charge is 2.32. The zero-order chi connectivity index (χ0) is 23.2. The van der Waals surface area contributed by atoms with E-state index in [0.717, 1.165) is 37.7 Å². The summed E-state index contributed by atoms with van der Waals surface area (Å²) in [6, 6.07) is 9.33. The highest BCUT2D eigenvalue weighted by atomic mass is 35.5. The Hall–Kier alpha value is -2.74. The number of halogens is 1. The minimum Gasteiger partial charge on any atom is -0.479 e. The molecule has 8 heteroatoms. The maximum absolute atomic E-state index is 12.4. The van der Waals surface area contributed by atoms with Crippen molar-refractivity contribution in [3.05, 3.63) is 58.9 Å². The number of rotatable bonds is 5. The van der Waals surface area contributed by atoms with Crippen molar-refractivity contribution in [2.24, 2.45) is 7.05 Å². The summed E-state index contributed by atoms with van der Waals surface area (Å²) >= 11 is 7.63. The number of ether oxygens (including phenoxy) is 1. The third kappa shape index (κ3) is 4.28. The van der Waals surface area contributed by atoms with E-state index in [-0.39, 0.29) is 0 Å². The number of hydrogen-bond acceptors (Lipinski definition) is 5. The van der Waals surface area contributed by atoms with Gasteiger partial charge in [0.25, 0.3) is 0 Å². The molecule has 4 rings (SSSR count). The van der Waals surface area contributed by atoms with Crippen LogP contribution in [0.5, 0.6) is 0 Å². The van der Waals surface area contributed by atoms with Gasteiger partial charge in [-0.25, -0.2) is 14.8 Å². The van der Waals surface area contributed by atoms with E-state index in [9.17, 15) is 9.90 Å². The molecule has 0 unspecified atom stereocenters. The molecule has 1 atom stereocenters. The molecular weight excluding hydrogens is 446 g/mol. The summed E-state index contributed by atoms with van der Waals surface area (Å²) < 4.78 is 8.84. The van der Waals surface area contributed by atoms with Gasteiger partial charge >= 0.3 is 5.97 Å². The van der Waals surface area contributed by atoms with Crippen LogP contribution in [-0.2, 0) is 16.6 Å². The second kappa shape index (κ2) is 8.31. The first-order chi connectivity index (χ1) is 15.0. The molecule has 0 aliphatic rings. The third-order valence-electron chi connectivity index (χ3n) is 5.03. The Morgan fingerprint density at radius 3 is 2.50 bits per heavy atom. The number of carbonyl (C=O) groups is 1. The Balaban J connectivity index is 2.05. The molecule has 0 aliphatic carbocycles. The van der Waals surface area contributed by atoms with Gasteiger partial charge in [0.2, 0.25) is 0 Å². The molecule has 2 aromatic heterocycles. The first-order valence-corrected chi connectivity index (χ1v) is 11.3. The van der Waals surface area contributed by atoms with Gasteiger partial charge in [-0.3, -0.25) is 0 Å². The fraction of sp³-hybridized carbons (Fsp3) is 0.292. The molecule has 1 N–H and O–H groups in total. The van der Waals surface area contributed by atoms with Gasteiger partial charge in [0.15, 0.2) is 16.9 Å². The van der Waals surface area contributed by atoms with Crippen molar-refractivity contribution in [1.82, 2.24) is 14.5 Å². The van der Waals surface area contributed by atoms with Crippen molar-refractivity contribution in [2.75, 3.05) is 0 Å². The number of fused-ring (bicyclic) bond motifs is 1. The fourth-order valence-corrected chi connectivity index (χ4v) is 5.00. The summed E-state index contributed by atoms with van der Waals surface area (Å²) in [4.78, 5) is 21.6. The Morgan fingerprint density at radius 1 is 1.25 bits per heavy atom. The maximum Gasteiger partial charge on any atom is 0.337 e. The molecule has 2 aromatic carbocycles. The number of aromatic nitrogens is 3. The first kappa shape index (κ1) is 22.5. The van der Waals surface area contributed by atoms with Gasteiger partial charge in [0, 0.05) is 35.6 Å². The molecule has 0 bridgehead atoms. The van der Waals surface area contributed by atoms with Gasteiger partial charge in [-0.15, -0.1) is 11.3 Å². The summed E-state index contributed by atoms with van der Waals surface area (Å²) in [6.07, 6.45) is 2.47. The minimum absolute atomic E-state index is 0.609. The Morgan fingerprint density at radius 2 is 1.94 bits per heavy atom. The van der Waals surface area contributed by atoms with Gasteiger partial charge in [-0.05, 0) is 57.0 Å². The quantitative estimate of drug-likeness (QED) is 0.373. The van der Waals surface area contributed by atoms with E-state index in [1.54, 1.807) is 18.3 Å². The zero-order valence-corrected chi connectivity index (χ0v) is 20.1. The number of benzene rings is 2. The van der Waals surface area contributed by atoms with Crippen LogP contribution in [0, 0.1) is 6.92 Å². The van der Waals surface area contributed by atoms with E-state index in [2.05, 4.69) is 4.98 Å². The van der Waals surface area contributed by atoms with E-state index in [1.165, 1.54) is 11.3 Å². The van der Waals surface area contributed by atoms with E-state index in [1.807, 2.05) is 63.7 Å². The normalized spacial score (nSPS) is 12.9. The molecule has 0 aliphatic heterocycles. The van der Waals surface area contributed by atoms with Crippen molar-refractivity contribution in [3.8, 4) is 22.0 Å². The van der Waals surface area contributed by atoms with Crippen LogP contribution < -0.4 is 0 Å². The van der Waals surface area contributed by atoms with E-state index in [4.69, 9.17) is 21.3 Å². The molecule has 0 saturated carbocycles. The number of imidazole rings is 1. The Labute approximate surface area is 195 Å². The van der Waals surface area contributed by atoms with Crippen LogP contribution in [0.1, 0.15) is 38.0 Å². The van der Waals surface area contributed by atoms with Crippen molar-refractivity contribution in [3.63, 3.8) is 0 Å². The summed E-state index contributed by atoms with van der Waals surface area (Å²) in [6.45, 7) is 7.45. The van der Waals surface area contributed by atoms with Crippen LogP contribution in [0.4, 0.5) is 0 Å². The van der Waals surface area contributed by atoms with Gasteiger partial charge in [-0.1, -0.05) is 23.7 Å². The number of aliphatic carboxylic acids is 1. The summed E-state index contributed by atoms with van der Waals surface area (Å²) in [5.41, 5.74) is 3.23. The molecule has 166 valence electrons. The summed E-state index contributed by atoms with van der Waals surface area (Å²) in [7, 11) is 1.92. The lowest BCUT2D eigenvalue weighted by Crippen LogP contribution is -2.28. The molecule has 2 heterocycles. The van der Waals surface area contributed by atoms with Crippen LogP contribution in [0.15, 0.2) is 42.7 Å². The molecule has 0 amide bonds. The largest absolute Gasteiger partial charge is 0.479 e. The molecule has 32 heavy (non-hydrogen) atoms. The van der Waals surface area contributed by atoms with Crippen LogP contribution >= 0.6 is 22.9 Å². The number of aryl methyl sites for hydroxylation is 2. The monoisotopic (exact) mass is 469 g/mol. The van der Waals surface area contributed by atoms with E-state index < -0.39 is 17.7 Å². The molecule has 0 spiro atoms. The first-order valence-electron chi connectivity index (χ1n) is 10.1. The fourth-order valence-electron chi connectivity index (χ4n) is 3.71. The van der Waals surface area contributed by atoms with Crippen LogP contribution in [-0.4, -0.2) is 31.2 Å². The van der Waals surface area contributed by atoms with Gasteiger partial charge in [-0.2, -0.15) is 0 Å². The van der Waals surface area contributed by atoms with Gasteiger partial charge < -0.3 is 14.4 Å². The summed E-state index contributed by atoms with van der Waals surface area (Å²) in [5.74, 6) is -0.278. The number of carboxylic acid groups (broad SMARTS) is 1. The SMILES string of the molecule is Cc1cc2nc(-c3nccn3C)sc2c(-c2ccc(Cl)cc2)c1[C@H](OC(C)(C)C)C(=O)O. The number of nitrogens with zero attached hydrogens (tertiary/aromatic N) is 3. The molecule has 4 aromatic rings. The second-order valence-corrected chi connectivity index (χ2v) is 10.1. The highest BCUT2D eigenvalue weighted by Crippen LogP contribution is 2.44. The van der Waals surface area contributed by atoms with Crippen LogP contribution in [0.3, 0.4) is 0 Å². The lowest BCUT2D eigenvalue weighted by molar-refractivity contribution is -0.160. The molecule has 0 saturated heterocycles. The topological polar surface area (TPSA) is 77.2 Å². The Kier molecular flexibility index (Phi) is 5.83. The van der Waals surface area contributed by atoms with Crippen molar-refractivity contribution < 1.29 is 14.6 Å². The number of carboxylic acids is 1. The standard InChI is InChI=1S/C24H24ClN3O3S/c1-13-12-16-20(32-22(27-16)21-26-10-11-28(21)5)18(14-6-8-15(25)9-7-14)17(13)19(23(29)30)31-24(2,3)4/h6-12,19H,1-5H3,(H,29,30)/t19-/m0/s1. The predicted octanol–water partition coefficient (Wildman–Crippen LogP) is 6.27. The zero-order valence-electron chi connectivity index (χ0n) is 18.5. The Bertz CT molecular complexity index is 1300. The van der Waals surface area contributed by atoms with Gasteiger partial charge in [0.1, 0.15) is 0 Å². The average molecular weight is 470 g/mol. The van der Waals surface area contributed by atoms with Crippen molar-refractivity contribution in [2.45, 2.75) is 39.4 Å².